The number of hydrogen-bond acceptors (Lipinski definition) is 3. The van der Waals surface area contributed by atoms with Gasteiger partial charge < -0.3 is 0 Å². The summed E-state index contributed by atoms with van der Waals surface area (Å²) in [5, 5.41) is 5.58. The summed E-state index contributed by atoms with van der Waals surface area (Å²) >= 11 is 3.55. The van der Waals surface area contributed by atoms with Crippen molar-refractivity contribution in [2.45, 2.75) is 38.5 Å². The quantitative estimate of drug-likeness (QED) is 0.355. The van der Waals surface area contributed by atoms with Gasteiger partial charge >= 0.3 is 0 Å². The number of aryl methyl sites for hydroxylation is 2. The van der Waals surface area contributed by atoms with E-state index in [1.807, 2.05) is 31.2 Å². The molecule has 1 fully saturated rings. The maximum absolute atomic E-state index is 13.4. The van der Waals surface area contributed by atoms with Crippen LogP contribution in [-0.4, -0.2) is 15.4 Å². The fourth-order valence-electron chi connectivity index (χ4n) is 4.61. The average Bonchev–Trinajstić information content (AvgIpc) is 2.80. The molecule has 1 heterocycles. The van der Waals surface area contributed by atoms with Crippen molar-refractivity contribution in [1.29, 1.82) is 0 Å². The molecule has 0 aliphatic heterocycles. The highest BCUT2D eigenvalue weighted by atomic mass is 79.9. The Morgan fingerprint density at radius 1 is 1.00 bits per heavy atom. The molecule has 0 spiro atoms. The third-order valence-corrected chi connectivity index (χ3v) is 7.00. The Morgan fingerprint density at radius 3 is 2.28 bits per heavy atom. The molecule has 3 aromatic carbocycles. The third-order valence-electron chi connectivity index (χ3n) is 6.47. The molecule has 1 saturated carbocycles. The normalized spacial score (nSPS) is 19.3. The molecule has 1 unspecified atom stereocenters. The van der Waals surface area contributed by atoms with E-state index in [1.165, 1.54) is 21.4 Å². The zero-order valence-corrected chi connectivity index (χ0v) is 19.8. The minimum Gasteiger partial charge on any atom is -0.267 e. The molecule has 5 rings (SSSR count). The largest absolute Gasteiger partial charge is 0.282 e. The van der Waals surface area contributed by atoms with E-state index in [9.17, 15) is 4.79 Å². The van der Waals surface area contributed by atoms with Crippen LogP contribution in [0.2, 0.25) is 0 Å². The number of aromatic nitrogens is 2. The van der Waals surface area contributed by atoms with E-state index in [0.29, 0.717) is 17.6 Å². The molecule has 0 amide bonds. The lowest BCUT2D eigenvalue weighted by Crippen LogP contribution is -2.47. The Balaban J connectivity index is 1.74. The SMILES string of the molecule is CCc1nc2ccccc2c(=O)n1/N=C1\CCC1(c1ccc(C)cc1)c1ccc(Br)cc1. The van der Waals surface area contributed by atoms with Crippen LogP contribution in [0.15, 0.2) is 87.2 Å². The summed E-state index contributed by atoms with van der Waals surface area (Å²) in [4.78, 5) is 18.1. The Bertz CT molecular complexity index is 1340. The van der Waals surface area contributed by atoms with Crippen molar-refractivity contribution >= 4 is 32.5 Å². The Hall–Kier alpha value is -3.05. The molecule has 1 aliphatic rings. The molecule has 5 heteroatoms. The number of halogens is 1. The molecule has 4 aromatic rings. The molecule has 0 N–H and O–H groups in total. The van der Waals surface area contributed by atoms with E-state index < -0.39 is 0 Å². The van der Waals surface area contributed by atoms with Gasteiger partial charge in [0.15, 0.2) is 0 Å². The van der Waals surface area contributed by atoms with Gasteiger partial charge in [0.25, 0.3) is 5.56 Å². The Labute approximate surface area is 195 Å². The fraction of sp³-hybridized carbons (Fsp3) is 0.222. The van der Waals surface area contributed by atoms with Gasteiger partial charge in [-0.2, -0.15) is 9.78 Å². The summed E-state index contributed by atoms with van der Waals surface area (Å²) in [7, 11) is 0. The highest BCUT2D eigenvalue weighted by Crippen LogP contribution is 2.47. The van der Waals surface area contributed by atoms with Crippen molar-refractivity contribution in [2.24, 2.45) is 5.10 Å². The Morgan fingerprint density at radius 2 is 1.66 bits per heavy atom. The van der Waals surface area contributed by atoms with Crippen LogP contribution in [0.1, 0.15) is 42.3 Å². The summed E-state index contributed by atoms with van der Waals surface area (Å²) in [6.07, 6.45) is 2.42. The third kappa shape index (κ3) is 3.32. The first-order valence-electron chi connectivity index (χ1n) is 10.9. The highest BCUT2D eigenvalue weighted by molar-refractivity contribution is 9.10. The number of rotatable bonds is 4. The van der Waals surface area contributed by atoms with Crippen LogP contribution in [0, 0.1) is 6.92 Å². The van der Waals surface area contributed by atoms with Crippen molar-refractivity contribution in [3.05, 3.63) is 110 Å². The molecule has 4 nitrogen and oxygen atoms in total. The van der Waals surface area contributed by atoms with Gasteiger partial charge in [0.05, 0.1) is 22.0 Å². The lowest BCUT2D eigenvalue weighted by Gasteiger charge is -2.44. The van der Waals surface area contributed by atoms with Crippen LogP contribution >= 0.6 is 15.9 Å². The standard InChI is InChI=1S/C27H24BrN3O/c1-3-25-29-23-7-5-4-6-22(23)26(32)31(25)30-24-16-17-27(24,19-10-8-18(2)9-11-19)20-12-14-21(28)15-13-20/h4-15H,3,16-17H2,1-2H3/b30-24+. The minimum absolute atomic E-state index is 0.111. The smallest absolute Gasteiger partial charge is 0.267 e. The van der Waals surface area contributed by atoms with Crippen molar-refractivity contribution in [3.63, 3.8) is 0 Å². The lowest BCUT2D eigenvalue weighted by molar-refractivity contribution is 0.528. The number of fused-ring (bicyclic) bond motifs is 1. The molecular weight excluding hydrogens is 462 g/mol. The van der Waals surface area contributed by atoms with Crippen LogP contribution in [0.25, 0.3) is 10.9 Å². The van der Waals surface area contributed by atoms with Crippen molar-refractivity contribution in [2.75, 3.05) is 0 Å². The molecule has 1 aliphatic carbocycles. The maximum atomic E-state index is 13.4. The number of nitrogens with zero attached hydrogens (tertiary/aromatic N) is 3. The van der Waals surface area contributed by atoms with E-state index in [4.69, 9.17) is 10.1 Å². The fourth-order valence-corrected chi connectivity index (χ4v) is 4.87. The van der Waals surface area contributed by atoms with Gasteiger partial charge in [0.1, 0.15) is 5.82 Å². The summed E-state index contributed by atoms with van der Waals surface area (Å²) in [5.74, 6) is 0.682. The summed E-state index contributed by atoms with van der Waals surface area (Å²) in [6.45, 7) is 4.11. The molecule has 0 radical (unpaired) electrons. The number of hydrogen-bond donors (Lipinski definition) is 0. The first-order valence-corrected chi connectivity index (χ1v) is 11.7. The molecule has 1 aromatic heterocycles. The van der Waals surface area contributed by atoms with E-state index in [0.717, 1.165) is 28.5 Å². The van der Waals surface area contributed by atoms with Crippen molar-refractivity contribution in [3.8, 4) is 0 Å². The van der Waals surface area contributed by atoms with E-state index in [-0.39, 0.29) is 11.0 Å². The van der Waals surface area contributed by atoms with E-state index in [1.54, 1.807) is 0 Å². The molecular formula is C27H24BrN3O. The minimum atomic E-state index is -0.343. The van der Waals surface area contributed by atoms with Gasteiger partial charge in [-0.1, -0.05) is 76.9 Å². The molecule has 32 heavy (non-hydrogen) atoms. The maximum Gasteiger partial charge on any atom is 0.282 e. The van der Waals surface area contributed by atoms with Gasteiger partial charge in [-0.05, 0) is 55.2 Å². The summed E-state index contributed by atoms with van der Waals surface area (Å²) in [6, 6.07) is 24.6. The average molecular weight is 486 g/mol. The second-order valence-corrected chi connectivity index (χ2v) is 9.26. The van der Waals surface area contributed by atoms with E-state index >= 15 is 0 Å². The number of para-hydroxylation sites is 1. The van der Waals surface area contributed by atoms with E-state index in [2.05, 4.69) is 71.4 Å². The van der Waals surface area contributed by atoms with Crippen LogP contribution in [-0.2, 0) is 11.8 Å². The zero-order valence-electron chi connectivity index (χ0n) is 18.2. The van der Waals surface area contributed by atoms with Gasteiger partial charge in [0.2, 0.25) is 0 Å². The first-order chi connectivity index (χ1) is 15.5. The molecule has 0 bridgehead atoms. The zero-order chi connectivity index (χ0) is 22.3. The van der Waals surface area contributed by atoms with Crippen LogP contribution in [0.4, 0.5) is 0 Å². The van der Waals surface area contributed by atoms with Crippen LogP contribution in [0.5, 0.6) is 0 Å². The molecule has 160 valence electrons. The topological polar surface area (TPSA) is 47.2 Å². The van der Waals surface area contributed by atoms with Crippen LogP contribution < -0.4 is 5.56 Å². The second kappa shape index (κ2) is 8.14. The molecule has 1 atom stereocenters. The highest BCUT2D eigenvalue weighted by Gasteiger charge is 2.47. The lowest BCUT2D eigenvalue weighted by atomic mass is 9.59. The summed E-state index contributed by atoms with van der Waals surface area (Å²) < 4.78 is 2.57. The predicted molar refractivity (Wildman–Crippen MR) is 134 cm³/mol. The van der Waals surface area contributed by atoms with Gasteiger partial charge in [-0.25, -0.2) is 4.98 Å². The number of benzene rings is 3. The van der Waals surface area contributed by atoms with Crippen LogP contribution in [0.3, 0.4) is 0 Å². The van der Waals surface area contributed by atoms with Crippen molar-refractivity contribution < 1.29 is 0 Å². The molecule has 0 saturated heterocycles. The Kier molecular flexibility index (Phi) is 5.30. The second-order valence-electron chi connectivity index (χ2n) is 8.34. The van der Waals surface area contributed by atoms with Gasteiger partial charge in [-0.3, -0.25) is 4.79 Å². The predicted octanol–water partition coefficient (Wildman–Crippen LogP) is 6.01. The summed E-state index contributed by atoms with van der Waals surface area (Å²) in [5.41, 5.74) is 4.88. The first kappa shape index (κ1) is 20.8. The van der Waals surface area contributed by atoms with Gasteiger partial charge in [0, 0.05) is 10.9 Å². The van der Waals surface area contributed by atoms with Crippen molar-refractivity contribution in [1.82, 2.24) is 9.66 Å². The van der Waals surface area contributed by atoms with Gasteiger partial charge in [-0.15, -0.1) is 0 Å². The monoisotopic (exact) mass is 485 g/mol.